The minimum atomic E-state index is -0.252. The number of H-pyrrole nitrogens is 1. The van der Waals surface area contributed by atoms with E-state index in [1.165, 1.54) is 6.20 Å². The number of hydrogen-bond acceptors (Lipinski definition) is 5. The molecule has 0 bridgehead atoms. The monoisotopic (exact) mass is 404 g/mol. The fourth-order valence-corrected chi connectivity index (χ4v) is 3.79. The number of ether oxygens (including phenoxy) is 2. The summed E-state index contributed by atoms with van der Waals surface area (Å²) in [5.74, 6) is 1.15. The largest absolute Gasteiger partial charge is 0.486 e. The van der Waals surface area contributed by atoms with Crippen molar-refractivity contribution >= 4 is 22.5 Å². The van der Waals surface area contributed by atoms with Crippen LogP contribution in [-0.4, -0.2) is 45.2 Å². The van der Waals surface area contributed by atoms with Crippen LogP contribution in [0, 0.1) is 0 Å². The van der Waals surface area contributed by atoms with E-state index in [9.17, 15) is 9.59 Å². The van der Waals surface area contributed by atoms with E-state index < -0.39 is 0 Å². The van der Waals surface area contributed by atoms with E-state index in [2.05, 4.69) is 10.1 Å². The van der Waals surface area contributed by atoms with Crippen molar-refractivity contribution in [1.82, 2.24) is 19.5 Å². The van der Waals surface area contributed by atoms with Crippen LogP contribution in [0.2, 0.25) is 0 Å². The van der Waals surface area contributed by atoms with E-state index in [1.807, 2.05) is 37.3 Å². The smallest absolute Gasteiger partial charge is 0.259 e. The van der Waals surface area contributed by atoms with Gasteiger partial charge in [-0.3, -0.25) is 9.59 Å². The highest BCUT2D eigenvalue weighted by Crippen LogP contribution is 2.34. The Labute approximate surface area is 171 Å². The minimum Gasteiger partial charge on any atom is -0.486 e. The Morgan fingerprint density at radius 1 is 1.17 bits per heavy atom. The zero-order valence-corrected chi connectivity index (χ0v) is 16.4. The third-order valence-corrected chi connectivity index (χ3v) is 5.29. The predicted molar refractivity (Wildman–Crippen MR) is 111 cm³/mol. The van der Waals surface area contributed by atoms with Gasteiger partial charge in [0.1, 0.15) is 24.4 Å². The summed E-state index contributed by atoms with van der Waals surface area (Å²) in [5, 5.41) is 4.88. The standard InChI is InChI=1S/C22H20N4O4/c1-2-25(13-14-6-5-9-18-19(14)30-11-10-29-18)22(28)16-12-23-26-17-8-4-3-7-15(17)21(27)24-20(16)26/h3-9,12H,2,10-11,13H2,1H3,(H,24,27). The van der Waals surface area contributed by atoms with Gasteiger partial charge in [0.05, 0.1) is 17.1 Å². The summed E-state index contributed by atoms with van der Waals surface area (Å²) in [6.07, 6.45) is 1.50. The van der Waals surface area contributed by atoms with Crippen molar-refractivity contribution in [3.05, 3.63) is 70.1 Å². The molecule has 0 unspecified atom stereocenters. The maximum absolute atomic E-state index is 13.3. The zero-order chi connectivity index (χ0) is 20.7. The van der Waals surface area contributed by atoms with Gasteiger partial charge in [-0.25, -0.2) is 4.52 Å². The van der Waals surface area contributed by atoms with Crippen molar-refractivity contribution in [2.24, 2.45) is 0 Å². The number of aromatic amines is 1. The van der Waals surface area contributed by atoms with E-state index >= 15 is 0 Å². The van der Waals surface area contributed by atoms with Gasteiger partial charge >= 0.3 is 0 Å². The molecular weight excluding hydrogens is 384 g/mol. The third-order valence-electron chi connectivity index (χ3n) is 5.29. The molecule has 3 heterocycles. The Bertz CT molecular complexity index is 1320. The number of benzene rings is 2. The Morgan fingerprint density at radius 3 is 2.87 bits per heavy atom. The highest BCUT2D eigenvalue weighted by molar-refractivity contribution is 6.00. The molecular formula is C22H20N4O4. The summed E-state index contributed by atoms with van der Waals surface area (Å²) in [5.41, 5.74) is 2.01. The molecule has 2 aromatic carbocycles. The first-order valence-electron chi connectivity index (χ1n) is 9.83. The quantitative estimate of drug-likeness (QED) is 0.565. The van der Waals surface area contributed by atoms with Gasteiger partial charge in [0.15, 0.2) is 11.5 Å². The van der Waals surface area contributed by atoms with Crippen LogP contribution in [0.5, 0.6) is 11.5 Å². The second kappa shape index (κ2) is 7.22. The van der Waals surface area contributed by atoms with Crippen LogP contribution in [-0.2, 0) is 6.54 Å². The molecule has 1 N–H and O–H groups in total. The Hall–Kier alpha value is -3.81. The van der Waals surface area contributed by atoms with Crippen LogP contribution >= 0.6 is 0 Å². The van der Waals surface area contributed by atoms with E-state index in [0.717, 1.165) is 5.56 Å². The summed E-state index contributed by atoms with van der Waals surface area (Å²) in [6.45, 7) is 3.74. The van der Waals surface area contributed by atoms with Crippen molar-refractivity contribution < 1.29 is 14.3 Å². The molecule has 0 saturated carbocycles. The van der Waals surface area contributed by atoms with E-state index in [4.69, 9.17) is 9.47 Å². The average molecular weight is 404 g/mol. The van der Waals surface area contributed by atoms with Gasteiger partial charge in [0.2, 0.25) is 0 Å². The third kappa shape index (κ3) is 2.88. The summed E-state index contributed by atoms with van der Waals surface area (Å²) < 4.78 is 13.0. The normalized spacial score (nSPS) is 13.0. The fourth-order valence-electron chi connectivity index (χ4n) is 3.79. The first kappa shape index (κ1) is 18.2. The molecule has 1 amide bonds. The number of para-hydroxylation sites is 2. The molecule has 4 aromatic rings. The molecule has 0 spiro atoms. The Balaban J connectivity index is 1.54. The number of amides is 1. The lowest BCUT2D eigenvalue weighted by Gasteiger charge is -2.25. The highest BCUT2D eigenvalue weighted by atomic mass is 16.6. The first-order valence-corrected chi connectivity index (χ1v) is 9.83. The second-order valence-electron chi connectivity index (χ2n) is 7.05. The molecule has 5 rings (SSSR count). The fraction of sp³-hybridized carbons (Fsp3) is 0.227. The molecule has 0 fully saturated rings. The van der Waals surface area contributed by atoms with Crippen molar-refractivity contribution in [2.75, 3.05) is 19.8 Å². The number of hydrogen-bond donors (Lipinski definition) is 1. The number of rotatable bonds is 4. The average Bonchev–Trinajstić information content (AvgIpc) is 3.21. The highest BCUT2D eigenvalue weighted by Gasteiger charge is 2.23. The van der Waals surface area contributed by atoms with Crippen molar-refractivity contribution in [1.29, 1.82) is 0 Å². The molecule has 8 nitrogen and oxygen atoms in total. The lowest BCUT2D eigenvalue weighted by molar-refractivity contribution is 0.0751. The van der Waals surface area contributed by atoms with Crippen LogP contribution in [0.1, 0.15) is 22.8 Å². The van der Waals surface area contributed by atoms with Gasteiger partial charge in [0, 0.05) is 18.7 Å². The second-order valence-corrected chi connectivity index (χ2v) is 7.05. The number of aromatic nitrogens is 3. The Kier molecular flexibility index (Phi) is 4.39. The summed E-state index contributed by atoms with van der Waals surface area (Å²) in [6, 6.07) is 12.8. The van der Waals surface area contributed by atoms with Gasteiger partial charge in [-0.2, -0.15) is 5.10 Å². The van der Waals surface area contributed by atoms with E-state index in [-0.39, 0.29) is 11.5 Å². The van der Waals surface area contributed by atoms with Gasteiger partial charge < -0.3 is 19.4 Å². The van der Waals surface area contributed by atoms with Gasteiger partial charge in [0.25, 0.3) is 11.5 Å². The van der Waals surface area contributed by atoms with Gasteiger partial charge in [-0.05, 0) is 25.1 Å². The molecule has 0 saturated heterocycles. The SMILES string of the molecule is CCN(Cc1cccc2c1OCCO2)C(=O)c1cnn2c1[nH]c(=O)c1ccccc12. The maximum atomic E-state index is 13.3. The summed E-state index contributed by atoms with van der Waals surface area (Å²) in [7, 11) is 0. The number of fused-ring (bicyclic) bond motifs is 4. The van der Waals surface area contributed by atoms with Crippen LogP contribution in [0.25, 0.3) is 16.6 Å². The number of nitrogens with one attached hydrogen (secondary N) is 1. The van der Waals surface area contributed by atoms with E-state index in [0.29, 0.717) is 59.9 Å². The number of carbonyl (C=O) groups excluding carboxylic acids is 1. The molecule has 0 atom stereocenters. The summed E-state index contributed by atoms with van der Waals surface area (Å²) >= 11 is 0. The van der Waals surface area contributed by atoms with Crippen molar-refractivity contribution in [2.45, 2.75) is 13.5 Å². The molecule has 1 aliphatic heterocycles. The van der Waals surface area contributed by atoms with Crippen molar-refractivity contribution in [3.8, 4) is 11.5 Å². The molecule has 0 radical (unpaired) electrons. The number of nitrogens with zero attached hydrogens (tertiary/aromatic N) is 3. The molecule has 8 heteroatoms. The molecule has 2 aromatic heterocycles. The molecule has 1 aliphatic rings. The number of carbonyl (C=O) groups is 1. The van der Waals surface area contributed by atoms with Crippen LogP contribution < -0.4 is 15.0 Å². The van der Waals surface area contributed by atoms with E-state index in [1.54, 1.807) is 21.5 Å². The molecule has 152 valence electrons. The Morgan fingerprint density at radius 2 is 2.00 bits per heavy atom. The first-order chi connectivity index (χ1) is 14.7. The van der Waals surface area contributed by atoms with Crippen LogP contribution in [0.15, 0.2) is 53.5 Å². The predicted octanol–water partition coefficient (Wildman–Crippen LogP) is 2.61. The maximum Gasteiger partial charge on any atom is 0.259 e. The van der Waals surface area contributed by atoms with Crippen molar-refractivity contribution in [3.63, 3.8) is 0 Å². The van der Waals surface area contributed by atoms with Crippen LogP contribution in [0.4, 0.5) is 0 Å². The summed E-state index contributed by atoms with van der Waals surface area (Å²) in [4.78, 5) is 30.4. The lowest BCUT2D eigenvalue weighted by Crippen LogP contribution is -2.31. The minimum absolute atomic E-state index is 0.215. The van der Waals surface area contributed by atoms with Gasteiger partial charge in [-0.1, -0.05) is 24.3 Å². The van der Waals surface area contributed by atoms with Gasteiger partial charge in [-0.15, -0.1) is 0 Å². The molecule has 30 heavy (non-hydrogen) atoms. The lowest BCUT2D eigenvalue weighted by atomic mass is 10.1. The van der Waals surface area contributed by atoms with Crippen LogP contribution in [0.3, 0.4) is 0 Å². The zero-order valence-electron chi connectivity index (χ0n) is 16.4. The topological polar surface area (TPSA) is 88.9 Å². The molecule has 0 aliphatic carbocycles.